The number of ketones is 1. The zero-order chi connectivity index (χ0) is 11.4. The molecule has 0 bridgehead atoms. The van der Waals surface area contributed by atoms with Gasteiger partial charge in [0, 0.05) is 6.42 Å². The van der Waals surface area contributed by atoms with Crippen LogP contribution in [-0.4, -0.2) is 12.4 Å². The van der Waals surface area contributed by atoms with Crippen molar-refractivity contribution in [1.29, 1.82) is 0 Å². The minimum absolute atomic E-state index is 0.0784. The Bertz CT molecular complexity index is 424. The van der Waals surface area contributed by atoms with E-state index in [0.29, 0.717) is 17.9 Å². The molecule has 0 atom stereocenters. The van der Waals surface area contributed by atoms with Crippen molar-refractivity contribution in [2.24, 2.45) is 0 Å². The molecular formula is C13H13FO2. The standard InChI is InChI=1S/C13H13FO2/c14-11-5-3-4-10(8-11)9-12(15)13-6-1-2-7-16-13/h3-6,8H,1-2,7,9H2. The highest BCUT2D eigenvalue weighted by Gasteiger charge is 2.14. The van der Waals surface area contributed by atoms with Crippen LogP contribution in [-0.2, 0) is 16.0 Å². The van der Waals surface area contributed by atoms with Gasteiger partial charge in [-0.05, 0) is 36.6 Å². The van der Waals surface area contributed by atoms with Crippen molar-refractivity contribution in [2.75, 3.05) is 6.61 Å². The molecule has 1 aliphatic heterocycles. The van der Waals surface area contributed by atoms with Gasteiger partial charge in [0.1, 0.15) is 5.82 Å². The fraction of sp³-hybridized carbons (Fsp3) is 0.308. The Kier molecular flexibility index (Phi) is 3.34. The van der Waals surface area contributed by atoms with E-state index in [2.05, 4.69) is 0 Å². The van der Waals surface area contributed by atoms with Gasteiger partial charge >= 0.3 is 0 Å². The Labute approximate surface area is 93.7 Å². The highest BCUT2D eigenvalue weighted by atomic mass is 19.1. The second-order valence-electron chi connectivity index (χ2n) is 3.79. The lowest BCUT2D eigenvalue weighted by Gasteiger charge is -2.13. The summed E-state index contributed by atoms with van der Waals surface area (Å²) < 4.78 is 18.2. The summed E-state index contributed by atoms with van der Waals surface area (Å²) in [7, 11) is 0. The molecule has 1 heterocycles. The third-order valence-corrected chi connectivity index (χ3v) is 2.46. The zero-order valence-electron chi connectivity index (χ0n) is 8.91. The van der Waals surface area contributed by atoms with Crippen LogP contribution in [0.3, 0.4) is 0 Å². The van der Waals surface area contributed by atoms with Crippen molar-refractivity contribution in [3.05, 3.63) is 47.5 Å². The van der Waals surface area contributed by atoms with Crippen LogP contribution in [0.25, 0.3) is 0 Å². The smallest absolute Gasteiger partial charge is 0.201 e. The largest absolute Gasteiger partial charge is 0.490 e. The Hall–Kier alpha value is -1.64. The maximum atomic E-state index is 12.9. The summed E-state index contributed by atoms with van der Waals surface area (Å²) >= 11 is 0. The van der Waals surface area contributed by atoms with E-state index in [-0.39, 0.29) is 18.0 Å². The topological polar surface area (TPSA) is 26.3 Å². The first-order valence-corrected chi connectivity index (χ1v) is 5.36. The summed E-state index contributed by atoms with van der Waals surface area (Å²) in [5.41, 5.74) is 0.681. The van der Waals surface area contributed by atoms with Gasteiger partial charge in [-0.25, -0.2) is 4.39 Å². The maximum absolute atomic E-state index is 12.9. The lowest BCUT2D eigenvalue weighted by atomic mass is 10.1. The third kappa shape index (κ3) is 2.69. The first kappa shape index (κ1) is 10.9. The number of ether oxygens (including phenoxy) is 1. The van der Waals surface area contributed by atoms with Gasteiger partial charge in [0.05, 0.1) is 6.61 Å². The molecule has 3 heteroatoms. The fourth-order valence-electron chi connectivity index (χ4n) is 1.67. The van der Waals surface area contributed by atoms with Gasteiger partial charge in [-0.2, -0.15) is 0 Å². The van der Waals surface area contributed by atoms with Crippen LogP contribution in [0, 0.1) is 5.82 Å². The SMILES string of the molecule is O=C(Cc1cccc(F)c1)C1=CCCCO1. The predicted octanol–water partition coefficient (Wildman–Crippen LogP) is 2.63. The Morgan fingerprint density at radius 2 is 2.31 bits per heavy atom. The first-order chi connectivity index (χ1) is 7.75. The molecule has 1 aromatic rings. The van der Waals surface area contributed by atoms with E-state index in [4.69, 9.17) is 4.74 Å². The van der Waals surface area contributed by atoms with Crippen LogP contribution in [0.1, 0.15) is 18.4 Å². The number of hydrogen-bond donors (Lipinski definition) is 0. The average Bonchev–Trinajstić information content (AvgIpc) is 2.30. The molecule has 0 aliphatic carbocycles. The summed E-state index contributed by atoms with van der Waals surface area (Å²) in [6, 6.07) is 6.09. The highest BCUT2D eigenvalue weighted by molar-refractivity contribution is 5.95. The molecule has 84 valence electrons. The number of halogens is 1. The first-order valence-electron chi connectivity index (χ1n) is 5.36. The number of Topliss-reactive ketones (excluding diaryl/α,β-unsaturated/α-hetero) is 1. The Morgan fingerprint density at radius 3 is 3.00 bits per heavy atom. The number of carbonyl (C=O) groups excluding carboxylic acids is 1. The van der Waals surface area contributed by atoms with Crippen LogP contribution in [0.15, 0.2) is 36.1 Å². The predicted molar refractivity (Wildman–Crippen MR) is 58.4 cm³/mol. The molecule has 1 aromatic carbocycles. The van der Waals surface area contributed by atoms with E-state index < -0.39 is 0 Å². The summed E-state index contributed by atoms with van der Waals surface area (Å²) in [6.07, 6.45) is 3.84. The molecule has 16 heavy (non-hydrogen) atoms. The zero-order valence-corrected chi connectivity index (χ0v) is 8.91. The summed E-state index contributed by atoms with van der Waals surface area (Å²) in [5, 5.41) is 0. The van der Waals surface area contributed by atoms with E-state index in [1.54, 1.807) is 12.1 Å². The number of rotatable bonds is 3. The molecule has 2 nitrogen and oxygen atoms in total. The number of hydrogen-bond acceptors (Lipinski definition) is 2. The number of carbonyl (C=O) groups is 1. The monoisotopic (exact) mass is 220 g/mol. The van der Waals surface area contributed by atoms with Crippen molar-refractivity contribution in [2.45, 2.75) is 19.3 Å². The molecule has 2 rings (SSSR count). The average molecular weight is 220 g/mol. The van der Waals surface area contributed by atoms with Crippen molar-refractivity contribution in [1.82, 2.24) is 0 Å². The van der Waals surface area contributed by atoms with E-state index in [1.165, 1.54) is 12.1 Å². The summed E-state index contributed by atoms with van der Waals surface area (Å²) in [5.74, 6) is 0.0321. The maximum Gasteiger partial charge on any atom is 0.201 e. The normalized spacial score (nSPS) is 15.2. The van der Waals surface area contributed by atoms with Gasteiger partial charge in [0.15, 0.2) is 5.76 Å². The van der Waals surface area contributed by atoms with Gasteiger partial charge in [-0.3, -0.25) is 4.79 Å². The number of allylic oxidation sites excluding steroid dienone is 2. The summed E-state index contributed by atoms with van der Waals surface area (Å²) in [4.78, 5) is 11.8. The van der Waals surface area contributed by atoms with Crippen LogP contribution in [0.4, 0.5) is 4.39 Å². The van der Waals surface area contributed by atoms with Gasteiger partial charge in [-0.15, -0.1) is 0 Å². The quantitative estimate of drug-likeness (QED) is 0.782. The van der Waals surface area contributed by atoms with E-state index in [9.17, 15) is 9.18 Å². The molecular weight excluding hydrogens is 207 g/mol. The van der Waals surface area contributed by atoms with E-state index in [1.807, 2.05) is 6.08 Å². The second-order valence-corrected chi connectivity index (χ2v) is 3.79. The van der Waals surface area contributed by atoms with Crippen LogP contribution < -0.4 is 0 Å². The molecule has 0 N–H and O–H groups in total. The van der Waals surface area contributed by atoms with Gasteiger partial charge in [0.2, 0.25) is 5.78 Å². The minimum atomic E-state index is -0.316. The van der Waals surface area contributed by atoms with E-state index >= 15 is 0 Å². The molecule has 0 spiro atoms. The molecule has 0 saturated carbocycles. The highest BCUT2D eigenvalue weighted by Crippen LogP contribution is 2.14. The lowest BCUT2D eigenvalue weighted by molar-refractivity contribution is -0.118. The van der Waals surface area contributed by atoms with Crippen LogP contribution >= 0.6 is 0 Å². The third-order valence-electron chi connectivity index (χ3n) is 2.46. The molecule has 0 unspecified atom stereocenters. The fourth-order valence-corrected chi connectivity index (χ4v) is 1.67. The molecule has 1 aliphatic rings. The van der Waals surface area contributed by atoms with Gasteiger partial charge in [-0.1, -0.05) is 12.1 Å². The minimum Gasteiger partial charge on any atom is -0.490 e. The van der Waals surface area contributed by atoms with Crippen molar-refractivity contribution >= 4 is 5.78 Å². The lowest BCUT2D eigenvalue weighted by Crippen LogP contribution is -2.13. The molecule has 0 aromatic heterocycles. The molecule has 0 saturated heterocycles. The van der Waals surface area contributed by atoms with Crippen molar-refractivity contribution in [3.8, 4) is 0 Å². The van der Waals surface area contributed by atoms with Crippen LogP contribution in [0.5, 0.6) is 0 Å². The van der Waals surface area contributed by atoms with Crippen molar-refractivity contribution < 1.29 is 13.9 Å². The molecule has 0 amide bonds. The van der Waals surface area contributed by atoms with Gasteiger partial charge in [0.25, 0.3) is 0 Å². The van der Waals surface area contributed by atoms with Crippen LogP contribution in [0.2, 0.25) is 0 Å². The van der Waals surface area contributed by atoms with Gasteiger partial charge < -0.3 is 4.74 Å². The Morgan fingerprint density at radius 1 is 1.44 bits per heavy atom. The second kappa shape index (κ2) is 4.92. The Balaban J connectivity index is 2.04. The van der Waals surface area contributed by atoms with E-state index in [0.717, 1.165) is 12.8 Å². The molecule has 0 fully saturated rings. The summed E-state index contributed by atoms with van der Waals surface area (Å²) in [6.45, 7) is 0.598. The molecule has 0 radical (unpaired) electrons. The number of benzene rings is 1. The van der Waals surface area contributed by atoms with Crippen molar-refractivity contribution in [3.63, 3.8) is 0 Å².